The molecule has 0 bridgehead atoms. The molecule has 2 aromatic heterocycles. The van der Waals surface area contributed by atoms with Crippen molar-refractivity contribution in [3.63, 3.8) is 0 Å². The van der Waals surface area contributed by atoms with Gasteiger partial charge in [-0.15, -0.1) is 0 Å². The van der Waals surface area contributed by atoms with E-state index in [1.54, 1.807) is 0 Å². The van der Waals surface area contributed by atoms with Gasteiger partial charge in [0.25, 0.3) is 0 Å². The molecule has 0 amide bonds. The smallest absolute Gasteiger partial charge is 0.115 e. The van der Waals surface area contributed by atoms with Gasteiger partial charge in [0.05, 0.1) is 11.4 Å². The van der Waals surface area contributed by atoms with E-state index in [0.717, 1.165) is 11.4 Å². The molecule has 1 aliphatic heterocycles. The van der Waals surface area contributed by atoms with E-state index in [1.807, 2.05) is 24.5 Å². The van der Waals surface area contributed by atoms with Crippen LogP contribution in [-0.2, 0) is 0 Å². The summed E-state index contributed by atoms with van der Waals surface area (Å²) in [5.41, 5.74) is 7.02. The Hall–Kier alpha value is -3.56. The second-order valence-electron chi connectivity index (χ2n) is 8.29. The fourth-order valence-corrected chi connectivity index (χ4v) is 8.54. The standard InChI is InChI=1S/C28H24N2Si/c1-31(2)27(21-13-5-3-6-14-21)25(23-17-9-11-19-29-23)26(24-18-10-12-20-30-24)28(31)22-15-7-4-8-16-22/h3-20H,1-2H3. The molecular formula is C28H24N2Si. The number of hydrogen-bond donors (Lipinski definition) is 0. The predicted octanol–water partition coefficient (Wildman–Crippen LogP) is 6.80. The third-order valence-corrected chi connectivity index (χ3v) is 9.54. The lowest BCUT2D eigenvalue weighted by molar-refractivity contribution is 1.26. The average molecular weight is 417 g/mol. The third-order valence-electron chi connectivity index (χ3n) is 5.97. The van der Waals surface area contributed by atoms with E-state index < -0.39 is 8.07 Å². The first-order chi connectivity index (χ1) is 15.2. The maximum Gasteiger partial charge on any atom is 0.115 e. The van der Waals surface area contributed by atoms with Crippen molar-refractivity contribution in [1.82, 2.24) is 9.97 Å². The molecule has 31 heavy (non-hydrogen) atoms. The first-order valence-electron chi connectivity index (χ1n) is 10.6. The Morgan fingerprint density at radius 3 is 1.23 bits per heavy atom. The number of nitrogens with zero attached hydrogens (tertiary/aromatic N) is 2. The van der Waals surface area contributed by atoms with E-state index in [9.17, 15) is 0 Å². The molecule has 0 saturated carbocycles. The summed E-state index contributed by atoms with van der Waals surface area (Å²) in [7, 11) is -2.09. The molecule has 0 fully saturated rings. The summed E-state index contributed by atoms with van der Waals surface area (Å²) < 4.78 is 0. The lowest BCUT2D eigenvalue weighted by atomic mass is 9.94. The Bertz CT molecular complexity index is 1160. The van der Waals surface area contributed by atoms with E-state index in [4.69, 9.17) is 9.97 Å². The molecule has 0 saturated heterocycles. The van der Waals surface area contributed by atoms with Gasteiger partial charge in [0.1, 0.15) is 8.07 Å². The lowest BCUT2D eigenvalue weighted by Gasteiger charge is -2.26. The SMILES string of the molecule is C[Si]1(C)C(c2ccccc2)=C(c2ccccn2)C(c2ccccn2)=C1c1ccccc1. The number of hydrogen-bond acceptors (Lipinski definition) is 2. The summed E-state index contributed by atoms with van der Waals surface area (Å²) >= 11 is 0. The van der Waals surface area contributed by atoms with E-state index in [0.29, 0.717) is 0 Å². The zero-order valence-corrected chi connectivity index (χ0v) is 18.8. The first-order valence-corrected chi connectivity index (χ1v) is 13.6. The number of allylic oxidation sites excluding steroid dienone is 2. The van der Waals surface area contributed by atoms with Crippen LogP contribution in [0.5, 0.6) is 0 Å². The van der Waals surface area contributed by atoms with E-state index in [1.165, 1.54) is 32.7 Å². The van der Waals surface area contributed by atoms with E-state index >= 15 is 0 Å². The highest BCUT2D eigenvalue weighted by atomic mass is 28.3. The summed E-state index contributed by atoms with van der Waals surface area (Å²) in [6, 6.07) is 34.0. The van der Waals surface area contributed by atoms with Crippen molar-refractivity contribution in [3.05, 3.63) is 132 Å². The molecule has 4 aromatic rings. The topological polar surface area (TPSA) is 25.8 Å². The molecule has 0 N–H and O–H groups in total. The highest BCUT2D eigenvalue weighted by Gasteiger charge is 2.44. The van der Waals surface area contributed by atoms with Crippen LogP contribution < -0.4 is 0 Å². The zero-order chi connectivity index (χ0) is 21.3. The van der Waals surface area contributed by atoms with Crippen molar-refractivity contribution in [1.29, 1.82) is 0 Å². The Morgan fingerprint density at radius 1 is 0.484 bits per heavy atom. The number of pyridine rings is 2. The normalized spacial score (nSPS) is 15.4. The highest BCUT2D eigenvalue weighted by Crippen LogP contribution is 2.54. The molecule has 1 aliphatic rings. The molecular weight excluding hydrogens is 392 g/mol. The van der Waals surface area contributed by atoms with Gasteiger partial charge in [-0.1, -0.05) is 85.9 Å². The van der Waals surface area contributed by atoms with Gasteiger partial charge in [-0.05, 0) is 45.8 Å². The minimum absolute atomic E-state index is 1.01. The molecule has 3 heteroatoms. The molecule has 0 atom stereocenters. The Kier molecular flexibility index (Phi) is 4.97. The monoisotopic (exact) mass is 416 g/mol. The molecule has 5 rings (SSSR count). The van der Waals surface area contributed by atoms with Crippen LogP contribution in [0.15, 0.2) is 109 Å². The minimum atomic E-state index is -2.09. The molecule has 0 unspecified atom stereocenters. The minimum Gasteiger partial charge on any atom is -0.256 e. The maximum atomic E-state index is 4.81. The van der Waals surface area contributed by atoms with Gasteiger partial charge in [-0.2, -0.15) is 0 Å². The van der Waals surface area contributed by atoms with Gasteiger partial charge in [0.15, 0.2) is 0 Å². The van der Waals surface area contributed by atoms with Crippen molar-refractivity contribution in [2.24, 2.45) is 0 Å². The summed E-state index contributed by atoms with van der Waals surface area (Å²) in [5.74, 6) is 0. The van der Waals surface area contributed by atoms with Crippen LogP contribution in [0, 0.1) is 0 Å². The van der Waals surface area contributed by atoms with Gasteiger partial charge >= 0.3 is 0 Å². The van der Waals surface area contributed by atoms with E-state index in [-0.39, 0.29) is 0 Å². The van der Waals surface area contributed by atoms with Crippen LogP contribution in [0.4, 0.5) is 0 Å². The van der Waals surface area contributed by atoms with Crippen molar-refractivity contribution in [2.75, 3.05) is 0 Å². The van der Waals surface area contributed by atoms with Gasteiger partial charge < -0.3 is 0 Å². The quantitative estimate of drug-likeness (QED) is 0.342. The number of benzene rings is 2. The molecule has 0 spiro atoms. The lowest BCUT2D eigenvalue weighted by Crippen LogP contribution is -2.28. The van der Waals surface area contributed by atoms with Crippen molar-refractivity contribution in [2.45, 2.75) is 13.1 Å². The molecule has 150 valence electrons. The van der Waals surface area contributed by atoms with Crippen molar-refractivity contribution < 1.29 is 0 Å². The summed E-state index contributed by atoms with van der Waals surface area (Å²) in [4.78, 5) is 9.62. The average Bonchev–Trinajstić information content (AvgIpc) is 3.08. The van der Waals surface area contributed by atoms with Crippen LogP contribution in [0.2, 0.25) is 13.1 Å². The van der Waals surface area contributed by atoms with Crippen LogP contribution in [0.1, 0.15) is 22.5 Å². The van der Waals surface area contributed by atoms with Crippen LogP contribution in [0.3, 0.4) is 0 Å². The van der Waals surface area contributed by atoms with Crippen LogP contribution >= 0.6 is 0 Å². The Labute approximate surface area is 184 Å². The molecule has 0 radical (unpaired) electrons. The summed E-state index contributed by atoms with van der Waals surface area (Å²) in [5, 5.41) is 2.85. The van der Waals surface area contributed by atoms with Crippen LogP contribution in [0.25, 0.3) is 21.5 Å². The van der Waals surface area contributed by atoms with Gasteiger partial charge in [0, 0.05) is 23.5 Å². The second-order valence-corrected chi connectivity index (χ2v) is 12.5. The number of aromatic nitrogens is 2. The fraction of sp³-hybridized carbons (Fsp3) is 0.0714. The van der Waals surface area contributed by atoms with Gasteiger partial charge in [-0.25, -0.2) is 0 Å². The summed E-state index contributed by atoms with van der Waals surface area (Å²) in [6.07, 6.45) is 3.77. The predicted molar refractivity (Wildman–Crippen MR) is 132 cm³/mol. The molecule has 2 aromatic carbocycles. The molecule has 0 aliphatic carbocycles. The first kappa shape index (κ1) is 19.4. The highest BCUT2D eigenvalue weighted by molar-refractivity contribution is 7.13. The molecule has 2 nitrogen and oxygen atoms in total. The molecule has 3 heterocycles. The third kappa shape index (κ3) is 3.37. The Balaban J connectivity index is 1.92. The number of rotatable bonds is 4. The van der Waals surface area contributed by atoms with E-state index in [2.05, 4.69) is 98.0 Å². The largest absolute Gasteiger partial charge is 0.256 e. The van der Waals surface area contributed by atoms with Gasteiger partial charge in [-0.3, -0.25) is 9.97 Å². The second kappa shape index (κ2) is 7.93. The summed E-state index contributed by atoms with van der Waals surface area (Å²) in [6.45, 7) is 4.91. The Morgan fingerprint density at radius 2 is 0.871 bits per heavy atom. The van der Waals surface area contributed by atoms with Crippen LogP contribution in [-0.4, -0.2) is 18.0 Å². The maximum absolute atomic E-state index is 4.81. The fourth-order valence-electron chi connectivity index (χ4n) is 4.75. The zero-order valence-electron chi connectivity index (χ0n) is 17.8. The van der Waals surface area contributed by atoms with Gasteiger partial charge in [0.2, 0.25) is 0 Å². The van der Waals surface area contributed by atoms with Crippen molar-refractivity contribution in [3.8, 4) is 0 Å². The van der Waals surface area contributed by atoms with Crippen molar-refractivity contribution >= 4 is 29.6 Å².